The molecule has 0 radical (unpaired) electrons. The Balaban J connectivity index is 1.85. The molecular weight excluding hydrogens is 316 g/mol. The number of nitrogens with zero attached hydrogens (tertiary/aromatic N) is 1. The molecule has 0 fully saturated rings. The third-order valence-corrected chi connectivity index (χ3v) is 5.02. The van der Waals surface area contributed by atoms with Crippen molar-refractivity contribution in [3.63, 3.8) is 0 Å². The van der Waals surface area contributed by atoms with Crippen LogP contribution in [0.4, 0.5) is 0 Å². The summed E-state index contributed by atoms with van der Waals surface area (Å²) in [6.07, 6.45) is 0. The van der Waals surface area contributed by atoms with Gasteiger partial charge in [0.05, 0.1) is 23.4 Å². The van der Waals surface area contributed by atoms with Crippen molar-refractivity contribution in [2.75, 3.05) is 5.75 Å². The maximum Gasteiger partial charge on any atom is 0.230 e. The number of thioether (sulfide) groups is 1. The van der Waals surface area contributed by atoms with Gasteiger partial charge in [-0.05, 0) is 49.1 Å². The summed E-state index contributed by atoms with van der Waals surface area (Å²) in [4.78, 5) is 12.1. The average molecular weight is 338 g/mol. The van der Waals surface area contributed by atoms with Crippen LogP contribution in [0.5, 0.6) is 0 Å². The minimum atomic E-state index is -0.0104. The van der Waals surface area contributed by atoms with Gasteiger partial charge in [-0.25, -0.2) is 0 Å². The molecule has 1 N–H and O–H groups in total. The fourth-order valence-electron chi connectivity index (χ4n) is 2.41. The predicted octanol–water partition coefficient (Wildman–Crippen LogP) is 4.29. The van der Waals surface area contributed by atoms with E-state index in [-0.39, 0.29) is 11.9 Å². The summed E-state index contributed by atoms with van der Waals surface area (Å²) in [6.45, 7) is 6.16. The molecule has 4 heteroatoms. The van der Waals surface area contributed by atoms with Crippen molar-refractivity contribution < 1.29 is 4.79 Å². The first-order valence-electron chi connectivity index (χ1n) is 7.93. The molecule has 1 atom stereocenters. The summed E-state index contributed by atoms with van der Waals surface area (Å²) < 4.78 is 0. The number of nitrogens with one attached hydrogen (secondary N) is 1. The SMILES string of the molecule is Cc1ccc([C@@H](C)NC(=O)CSCc2ccccc2C#N)cc1C. The number of hydrogen-bond acceptors (Lipinski definition) is 3. The molecule has 3 nitrogen and oxygen atoms in total. The zero-order chi connectivity index (χ0) is 17.5. The van der Waals surface area contributed by atoms with Crippen molar-refractivity contribution in [1.82, 2.24) is 5.32 Å². The summed E-state index contributed by atoms with van der Waals surface area (Å²) in [5, 5.41) is 12.1. The van der Waals surface area contributed by atoms with Gasteiger partial charge in [0.2, 0.25) is 5.91 Å². The van der Waals surface area contributed by atoms with Crippen LogP contribution in [-0.4, -0.2) is 11.7 Å². The summed E-state index contributed by atoms with van der Waals surface area (Å²) in [5.74, 6) is 1.06. The van der Waals surface area contributed by atoms with Gasteiger partial charge < -0.3 is 5.32 Å². The van der Waals surface area contributed by atoms with Gasteiger partial charge in [0.15, 0.2) is 0 Å². The lowest BCUT2D eigenvalue weighted by Gasteiger charge is -2.15. The van der Waals surface area contributed by atoms with E-state index >= 15 is 0 Å². The fourth-order valence-corrected chi connectivity index (χ4v) is 3.25. The molecule has 0 aliphatic carbocycles. The first-order chi connectivity index (χ1) is 11.5. The van der Waals surface area contributed by atoms with Crippen molar-refractivity contribution in [3.8, 4) is 6.07 Å². The third-order valence-electron chi connectivity index (χ3n) is 4.04. The lowest BCUT2D eigenvalue weighted by molar-refractivity contribution is -0.119. The molecule has 0 spiro atoms. The predicted molar refractivity (Wildman–Crippen MR) is 99.8 cm³/mol. The number of amides is 1. The molecule has 0 aliphatic heterocycles. The third kappa shape index (κ3) is 4.87. The maximum atomic E-state index is 12.1. The molecule has 0 aliphatic rings. The second-order valence-corrected chi connectivity index (χ2v) is 6.88. The van der Waals surface area contributed by atoms with Crippen LogP contribution in [0.1, 0.15) is 40.8 Å². The maximum absolute atomic E-state index is 12.1. The summed E-state index contributed by atoms with van der Waals surface area (Å²) in [7, 11) is 0. The summed E-state index contributed by atoms with van der Waals surface area (Å²) >= 11 is 1.52. The lowest BCUT2D eigenvalue weighted by atomic mass is 10.0. The molecule has 1 amide bonds. The van der Waals surface area contributed by atoms with Crippen LogP contribution in [0, 0.1) is 25.2 Å². The smallest absolute Gasteiger partial charge is 0.230 e. The highest BCUT2D eigenvalue weighted by molar-refractivity contribution is 7.99. The molecule has 0 saturated heterocycles. The topological polar surface area (TPSA) is 52.9 Å². The van der Waals surface area contributed by atoms with E-state index in [0.29, 0.717) is 17.1 Å². The minimum absolute atomic E-state index is 0.0104. The van der Waals surface area contributed by atoms with E-state index in [2.05, 4.69) is 43.4 Å². The van der Waals surface area contributed by atoms with E-state index in [4.69, 9.17) is 5.26 Å². The van der Waals surface area contributed by atoms with Crippen LogP contribution in [0.3, 0.4) is 0 Å². The first kappa shape index (κ1) is 18.1. The number of aryl methyl sites for hydroxylation is 2. The Hall–Kier alpha value is -2.25. The molecule has 2 aromatic carbocycles. The van der Waals surface area contributed by atoms with Gasteiger partial charge in [-0.15, -0.1) is 11.8 Å². The average Bonchev–Trinajstić information content (AvgIpc) is 2.57. The van der Waals surface area contributed by atoms with Gasteiger partial charge in [-0.3, -0.25) is 4.79 Å². The highest BCUT2D eigenvalue weighted by Crippen LogP contribution is 2.18. The summed E-state index contributed by atoms with van der Waals surface area (Å²) in [5.41, 5.74) is 5.25. The van der Waals surface area contributed by atoms with E-state index in [1.165, 1.54) is 22.9 Å². The van der Waals surface area contributed by atoms with Gasteiger partial charge in [0, 0.05) is 5.75 Å². The zero-order valence-corrected chi connectivity index (χ0v) is 15.1. The Morgan fingerprint density at radius 3 is 2.67 bits per heavy atom. The molecule has 0 bridgehead atoms. The molecule has 0 unspecified atom stereocenters. The molecule has 124 valence electrons. The van der Waals surface area contributed by atoms with Crippen molar-refractivity contribution in [2.24, 2.45) is 0 Å². The van der Waals surface area contributed by atoms with Crippen molar-refractivity contribution in [1.29, 1.82) is 5.26 Å². The second-order valence-electron chi connectivity index (χ2n) is 5.89. The van der Waals surface area contributed by atoms with E-state index in [1.54, 1.807) is 6.07 Å². The number of carbonyl (C=O) groups is 1. The molecule has 0 heterocycles. The standard InChI is InChI=1S/C20H22N2OS/c1-14-8-9-17(10-15(14)2)16(3)22-20(23)13-24-12-19-7-5-4-6-18(19)11-21/h4-10,16H,12-13H2,1-3H3,(H,22,23)/t16-/m1/s1. The van der Waals surface area contributed by atoms with Crippen LogP contribution >= 0.6 is 11.8 Å². The van der Waals surface area contributed by atoms with Gasteiger partial charge in [0.25, 0.3) is 0 Å². The number of nitriles is 1. The van der Waals surface area contributed by atoms with Crippen LogP contribution < -0.4 is 5.32 Å². The first-order valence-corrected chi connectivity index (χ1v) is 9.09. The Labute approximate surface area is 148 Å². The normalized spacial score (nSPS) is 11.6. The number of carbonyl (C=O) groups excluding carboxylic acids is 1. The fraction of sp³-hybridized carbons (Fsp3) is 0.300. The Kier molecular flexibility index (Phi) is 6.45. The Bertz CT molecular complexity index is 764. The quantitative estimate of drug-likeness (QED) is 0.855. The van der Waals surface area contributed by atoms with Crippen LogP contribution in [-0.2, 0) is 10.5 Å². The molecular formula is C20H22N2OS. The highest BCUT2D eigenvalue weighted by atomic mass is 32.2. The molecule has 24 heavy (non-hydrogen) atoms. The molecule has 0 saturated carbocycles. The minimum Gasteiger partial charge on any atom is -0.349 e. The van der Waals surface area contributed by atoms with Gasteiger partial charge in [-0.1, -0.05) is 36.4 Å². The van der Waals surface area contributed by atoms with Crippen molar-refractivity contribution >= 4 is 17.7 Å². The van der Waals surface area contributed by atoms with Crippen LogP contribution in [0.15, 0.2) is 42.5 Å². The van der Waals surface area contributed by atoms with E-state index in [0.717, 1.165) is 11.1 Å². The lowest BCUT2D eigenvalue weighted by Crippen LogP contribution is -2.28. The van der Waals surface area contributed by atoms with Crippen molar-refractivity contribution in [3.05, 3.63) is 70.3 Å². The van der Waals surface area contributed by atoms with E-state index < -0.39 is 0 Å². The highest BCUT2D eigenvalue weighted by Gasteiger charge is 2.11. The van der Waals surface area contributed by atoms with Gasteiger partial charge in [-0.2, -0.15) is 5.26 Å². The van der Waals surface area contributed by atoms with E-state index in [9.17, 15) is 4.79 Å². The molecule has 0 aromatic heterocycles. The van der Waals surface area contributed by atoms with Gasteiger partial charge in [0.1, 0.15) is 0 Å². The van der Waals surface area contributed by atoms with E-state index in [1.807, 2.05) is 25.1 Å². The molecule has 2 rings (SSSR count). The monoisotopic (exact) mass is 338 g/mol. The largest absolute Gasteiger partial charge is 0.349 e. The van der Waals surface area contributed by atoms with Crippen LogP contribution in [0.25, 0.3) is 0 Å². The number of hydrogen-bond donors (Lipinski definition) is 1. The van der Waals surface area contributed by atoms with Crippen LogP contribution in [0.2, 0.25) is 0 Å². The second kappa shape index (κ2) is 8.56. The zero-order valence-electron chi connectivity index (χ0n) is 14.3. The number of benzene rings is 2. The molecule has 2 aromatic rings. The van der Waals surface area contributed by atoms with Gasteiger partial charge >= 0.3 is 0 Å². The Morgan fingerprint density at radius 1 is 1.21 bits per heavy atom. The summed E-state index contributed by atoms with van der Waals surface area (Å²) in [6, 6.07) is 15.9. The number of rotatable bonds is 6. The van der Waals surface area contributed by atoms with Crippen molar-refractivity contribution in [2.45, 2.75) is 32.6 Å². The Morgan fingerprint density at radius 2 is 1.96 bits per heavy atom.